The molecule has 1 saturated carbocycles. The molecule has 0 radical (unpaired) electrons. The molecule has 124 valence electrons. The maximum absolute atomic E-state index is 11.9. The van der Waals surface area contributed by atoms with Gasteiger partial charge in [0.15, 0.2) is 9.84 Å². The van der Waals surface area contributed by atoms with Gasteiger partial charge in [-0.1, -0.05) is 0 Å². The monoisotopic (exact) mass is 341 g/mol. The molecule has 0 spiro atoms. The maximum Gasteiger partial charge on any atom is 0.175 e. The van der Waals surface area contributed by atoms with Crippen LogP contribution in [-0.2, 0) is 9.84 Å². The highest BCUT2D eigenvalue weighted by molar-refractivity contribution is 7.90. The van der Waals surface area contributed by atoms with Crippen molar-refractivity contribution in [2.75, 3.05) is 6.26 Å². The van der Waals surface area contributed by atoms with Gasteiger partial charge >= 0.3 is 0 Å². The molecule has 1 aliphatic rings. The van der Waals surface area contributed by atoms with Gasteiger partial charge in [-0.25, -0.2) is 8.42 Å². The zero-order valence-electron chi connectivity index (χ0n) is 13.9. The lowest BCUT2D eigenvalue weighted by atomic mass is 9.98. The minimum atomic E-state index is -3.24. The van der Waals surface area contributed by atoms with Crippen molar-refractivity contribution in [2.24, 2.45) is 0 Å². The molecule has 1 aromatic carbocycles. The molecule has 1 fully saturated rings. The van der Waals surface area contributed by atoms with Crippen LogP contribution in [0.2, 0.25) is 0 Å². The van der Waals surface area contributed by atoms with Gasteiger partial charge in [-0.15, -0.1) is 0 Å². The summed E-state index contributed by atoms with van der Waals surface area (Å²) in [5.41, 5.74) is 5.55. The smallest absolute Gasteiger partial charge is 0.175 e. The molecule has 2 aromatic heterocycles. The van der Waals surface area contributed by atoms with Crippen LogP contribution in [0.15, 0.2) is 29.3 Å². The van der Waals surface area contributed by atoms with Gasteiger partial charge in [0.2, 0.25) is 0 Å². The third kappa shape index (κ3) is 2.41. The molecule has 1 aliphatic carbocycles. The van der Waals surface area contributed by atoms with Crippen molar-refractivity contribution in [2.45, 2.75) is 37.5 Å². The fourth-order valence-electron chi connectivity index (χ4n) is 3.29. The summed E-state index contributed by atoms with van der Waals surface area (Å²) in [5, 5.41) is 8.66. The number of aromatic amines is 1. The average molecular weight is 341 g/mol. The standard InChI is InChI=1S/C18H19N3O2S/c1-10-9-15(24(3,22)23)11(2)8-13(10)18-16-14(6-7-19-18)20-21-17(16)12-4-5-12/h6-9,12H,4-5H2,1-3H3,(H,20,21). The Morgan fingerprint density at radius 1 is 1.17 bits per heavy atom. The lowest BCUT2D eigenvalue weighted by Crippen LogP contribution is -2.02. The van der Waals surface area contributed by atoms with Crippen LogP contribution < -0.4 is 0 Å². The van der Waals surface area contributed by atoms with Crippen LogP contribution >= 0.6 is 0 Å². The van der Waals surface area contributed by atoms with E-state index in [0.717, 1.165) is 39.0 Å². The normalized spacial score (nSPS) is 15.1. The van der Waals surface area contributed by atoms with Gasteiger partial charge in [-0.2, -0.15) is 5.10 Å². The van der Waals surface area contributed by atoms with Crippen LogP contribution in [0.25, 0.3) is 22.2 Å². The minimum absolute atomic E-state index is 0.380. The van der Waals surface area contributed by atoms with E-state index in [4.69, 9.17) is 0 Å². The summed E-state index contributed by atoms with van der Waals surface area (Å²) in [7, 11) is -3.24. The summed E-state index contributed by atoms with van der Waals surface area (Å²) in [4.78, 5) is 4.98. The van der Waals surface area contributed by atoms with Crippen LogP contribution in [-0.4, -0.2) is 29.9 Å². The molecule has 1 N–H and O–H groups in total. The number of nitrogens with one attached hydrogen (secondary N) is 1. The number of nitrogens with zero attached hydrogens (tertiary/aromatic N) is 2. The summed E-state index contributed by atoms with van der Waals surface area (Å²) in [6, 6.07) is 5.61. The number of H-pyrrole nitrogens is 1. The quantitative estimate of drug-likeness (QED) is 0.791. The number of hydrogen-bond donors (Lipinski definition) is 1. The lowest BCUT2D eigenvalue weighted by molar-refractivity contribution is 0.601. The molecule has 5 nitrogen and oxygen atoms in total. The fourth-order valence-corrected chi connectivity index (χ4v) is 4.33. The van der Waals surface area contributed by atoms with Gasteiger partial charge < -0.3 is 0 Å². The molecule has 0 aliphatic heterocycles. The van der Waals surface area contributed by atoms with Crippen molar-refractivity contribution in [3.63, 3.8) is 0 Å². The third-order valence-electron chi connectivity index (χ3n) is 4.64. The summed E-state index contributed by atoms with van der Waals surface area (Å²) >= 11 is 0. The molecule has 6 heteroatoms. The molecule has 0 saturated heterocycles. The molecule has 3 aromatic rings. The van der Waals surface area contributed by atoms with E-state index in [2.05, 4.69) is 15.2 Å². The largest absolute Gasteiger partial charge is 0.277 e. The molecular formula is C18H19N3O2S. The summed E-state index contributed by atoms with van der Waals surface area (Å²) in [6.45, 7) is 3.76. The van der Waals surface area contributed by atoms with Crippen molar-refractivity contribution in [1.29, 1.82) is 0 Å². The minimum Gasteiger partial charge on any atom is -0.277 e. The number of fused-ring (bicyclic) bond motifs is 1. The molecule has 0 bridgehead atoms. The third-order valence-corrected chi connectivity index (χ3v) is 5.88. The zero-order chi connectivity index (χ0) is 17.1. The van der Waals surface area contributed by atoms with E-state index in [1.54, 1.807) is 12.3 Å². The SMILES string of the molecule is Cc1cc(S(C)(=O)=O)c(C)cc1-c1nccc2[nH]nc(C3CC3)c12. The van der Waals surface area contributed by atoms with Gasteiger partial charge in [0, 0.05) is 29.3 Å². The van der Waals surface area contributed by atoms with Crippen molar-refractivity contribution >= 4 is 20.7 Å². The molecular weight excluding hydrogens is 322 g/mol. The van der Waals surface area contributed by atoms with E-state index >= 15 is 0 Å². The van der Waals surface area contributed by atoms with Gasteiger partial charge in [0.1, 0.15) is 0 Å². The van der Waals surface area contributed by atoms with Crippen LogP contribution in [0.1, 0.15) is 35.6 Å². The molecule has 2 heterocycles. The Bertz CT molecular complexity index is 1060. The van der Waals surface area contributed by atoms with E-state index in [9.17, 15) is 8.42 Å². The number of aromatic nitrogens is 3. The van der Waals surface area contributed by atoms with Crippen molar-refractivity contribution in [3.05, 3.63) is 41.2 Å². The zero-order valence-corrected chi connectivity index (χ0v) is 14.7. The fraction of sp³-hybridized carbons (Fsp3) is 0.333. The van der Waals surface area contributed by atoms with Crippen LogP contribution in [0.3, 0.4) is 0 Å². The molecule has 0 amide bonds. The Hall–Kier alpha value is -2.21. The topological polar surface area (TPSA) is 75.7 Å². The highest BCUT2D eigenvalue weighted by Gasteiger charge is 2.30. The lowest BCUT2D eigenvalue weighted by Gasteiger charge is -2.12. The number of hydrogen-bond acceptors (Lipinski definition) is 4. The molecule has 24 heavy (non-hydrogen) atoms. The molecule has 0 unspecified atom stereocenters. The first-order valence-corrected chi connectivity index (χ1v) is 9.90. The first-order chi connectivity index (χ1) is 11.4. The second-order valence-electron chi connectivity index (χ2n) is 6.67. The van der Waals surface area contributed by atoms with Crippen LogP contribution in [0, 0.1) is 13.8 Å². The van der Waals surface area contributed by atoms with Gasteiger partial charge in [-0.05, 0) is 56.0 Å². The molecule has 4 rings (SSSR count). The number of benzene rings is 1. The van der Waals surface area contributed by atoms with Gasteiger partial charge in [0.05, 0.1) is 21.8 Å². The van der Waals surface area contributed by atoms with Gasteiger partial charge in [-0.3, -0.25) is 10.1 Å². The summed E-state index contributed by atoms with van der Waals surface area (Å²) in [6.07, 6.45) is 5.35. The summed E-state index contributed by atoms with van der Waals surface area (Å²) < 4.78 is 23.9. The second-order valence-corrected chi connectivity index (χ2v) is 8.65. The molecule has 0 atom stereocenters. The number of aryl methyl sites for hydroxylation is 2. The van der Waals surface area contributed by atoms with Gasteiger partial charge in [0.25, 0.3) is 0 Å². The van der Waals surface area contributed by atoms with E-state index in [-0.39, 0.29) is 0 Å². The van der Waals surface area contributed by atoms with E-state index in [0.29, 0.717) is 10.8 Å². The van der Waals surface area contributed by atoms with E-state index in [1.165, 1.54) is 19.1 Å². The Morgan fingerprint density at radius 2 is 1.92 bits per heavy atom. The van der Waals surface area contributed by atoms with Crippen LogP contribution in [0.5, 0.6) is 0 Å². The average Bonchev–Trinajstić information content (AvgIpc) is 3.27. The van der Waals surface area contributed by atoms with Crippen molar-refractivity contribution in [3.8, 4) is 11.3 Å². The van der Waals surface area contributed by atoms with E-state index < -0.39 is 9.84 Å². The number of sulfone groups is 1. The highest BCUT2D eigenvalue weighted by atomic mass is 32.2. The Labute approximate surface area is 141 Å². The van der Waals surface area contributed by atoms with Crippen molar-refractivity contribution < 1.29 is 8.42 Å². The Balaban J connectivity index is 1.99. The van der Waals surface area contributed by atoms with E-state index in [1.807, 2.05) is 26.0 Å². The van der Waals surface area contributed by atoms with Crippen molar-refractivity contribution in [1.82, 2.24) is 15.2 Å². The predicted octanol–water partition coefficient (Wildman–Crippen LogP) is 3.52. The first-order valence-electron chi connectivity index (χ1n) is 8.01. The Kier molecular flexibility index (Phi) is 3.28. The second kappa shape index (κ2) is 5.14. The maximum atomic E-state index is 11.9. The van der Waals surface area contributed by atoms with Crippen LogP contribution in [0.4, 0.5) is 0 Å². The highest BCUT2D eigenvalue weighted by Crippen LogP contribution is 2.44. The number of pyridine rings is 1. The summed E-state index contributed by atoms with van der Waals surface area (Å²) in [5.74, 6) is 0.512. The Morgan fingerprint density at radius 3 is 2.58 bits per heavy atom. The predicted molar refractivity (Wildman–Crippen MR) is 93.9 cm³/mol. The number of rotatable bonds is 3. The first kappa shape index (κ1) is 15.3.